The summed E-state index contributed by atoms with van der Waals surface area (Å²) in [4.78, 5) is 7.94. The number of unbranched alkanes of at least 4 members (excludes halogenated alkanes) is 1. The zero-order valence-electron chi connectivity index (χ0n) is 22.5. The van der Waals surface area contributed by atoms with Crippen molar-refractivity contribution in [3.05, 3.63) is 24.3 Å². The Balaban J connectivity index is 1.35. The SMILES string of the molecule is CN1CCN(CCCC[C@@H]2[C@H]3CCCN4CCC[C@@H](CN2S(=O)(=O)c2ccc(S(C)(=O)=O)cc2)[C@@H]34)CC1. The van der Waals surface area contributed by atoms with Crippen LogP contribution < -0.4 is 0 Å². The van der Waals surface area contributed by atoms with E-state index in [1.807, 2.05) is 4.31 Å². The Morgan fingerprint density at radius 1 is 0.838 bits per heavy atom. The molecular weight excluding hydrogens is 508 g/mol. The fourth-order valence-corrected chi connectivity index (χ4v) is 9.73. The van der Waals surface area contributed by atoms with Crippen molar-refractivity contribution in [2.75, 3.05) is 65.7 Å². The van der Waals surface area contributed by atoms with Gasteiger partial charge in [-0.2, -0.15) is 4.31 Å². The minimum atomic E-state index is -3.72. The number of benzene rings is 1. The predicted octanol–water partition coefficient (Wildman–Crippen LogP) is 2.37. The van der Waals surface area contributed by atoms with E-state index >= 15 is 0 Å². The van der Waals surface area contributed by atoms with Gasteiger partial charge in [0.25, 0.3) is 0 Å². The maximum atomic E-state index is 14.1. The Kier molecular flexibility index (Phi) is 8.34. The van der Waals surface area contributed by atoms with Gasteiger partial charge in [-0.05, 0) is 101 Å². The molecule has 0 aromatic heterocycles. The molecule has 4 heterocycles. The van der Waals surface area contributed by atoms with Gasteiger partial charge in [-0.1, -0.05) is 6.42 Å². The molecule has 1 aromatic rings. The number of hydrogen-bond acceptors (Lipinski definition) is 7. The Hall–Kier alpha value is -1.04. The number of piperazine rings is 1. The topological polar surface area (TPSA) is 81.2 Å². The second-order valence-electron chi connectivity index (χ2n) is 11.8. The van der Waals surface area contributed by atoms with Crippen LogP contribution in [0.5, 0.6) is 0 Å². The number of sulfone groups is 1. The molecule has 208 valence electrons. The third-order valence-corrected chi connectivity index (χ3v) is 12.3. The van der Waals surface area contributed by atoms with Gasteiger partial charge in [-0.25, -0.2) is 16.8 Å². The van der Waals surface area contributed by atoms with E-state index in [9.17, 15) is 16.8 Å². The number of nitrogens with zero attached hydrogens (tertiary/aromatic N) is 4. The zero-order chi connectivity index (χ0) is 26.2. The van der Waals surface area contributed by atoms with Crippen LogP contribution in [0, 0.1) is 11.8 Å². The number of likely N-dealkylation sites (N-methyl/N-ethyl adjacent to an activating group) is 1. The molecule has 1 aromatic carbocycles. The third kappa shape index (κ3) is 5.94. The molecule has 4 atom stereocenters. The zero-order valence-corrected chi connectivity index (χ0v) is 24.1. The largest absolute Gasteiger partial charge is 0.304 e. The van der Waals surface area contributed by atoms with Gasteiger partial charge < -0.3 is 9.80 Å². The molecule has 0 aliphatic carbocycles. The third-order valence-electron chi connectivity index (χ3n) is 9.30. The molecule has 0 N–H and O–H groups in total. The Bertz CT molecular complexity index is 1130. The van der Waals surface area contributed by atoms with Crippen LogP contribution in [0.15, 0.2) is 34.1 Å². The van der Waals surface area contributed by atoms with E-state index in [4.69, 9.17) is 0 Å². The summed E-state index contributed by atoms with van der Waals surface area (Å²) in [6.45, 7) is 8.43. The summed E-state index contributed by atoms with van der Waals surface area (Å²) in [6.07, 6.45) is 8.65. The quantitative estimate of drug-likeness (QED) is 0.458. The number of hydrogen-bond donors (Lipinski definition) is 0. The van der Waals surface area contributed by atoms with Crippen molar-refractivity contribution in [3.63, 3.8) is 0 Å². The number of sulfonamides is 1. The summed E-state index contributed by atoms with van der Waals surface area (Å²) in [6, 6.07) is 6.34. The molecular formula is C27H44N4O4S2. The smallest absolute Gasteiger partial charge is 0.243 e. The molecule has 4 aliphatic heterocycles. The van der Waals surface area contributed by atoms with Crippen molar-refractivity contribution in [3.8, 4) is 0 Å². The lowest BCUT2D eigenvalue weighted by molar-refractivity contribution is -0.0525. The van der Waals surface area contributed by atoms with Crippen LogP contribution in [0.3, 0.4) is 0 Å². The van der Waals surface area contributed by atoms with Gasteiger partial charge in [-0.3, -0.25) is 4.90 Å². The molecule has 0 saturated carbocycles. The first-order chi connectivity index (χ1) is 17.6. The average molecular weight is 553 g/mol. The number of rotatable bonds is 8. The van der Waals surface area contributed by atoms with Crippen molar-refractivity contribution < 1.29 is 16.8 Å². The molecule has 8 nitrogen and oxygen atoms in total. The van der Waals surface area contributed by atoms with Crippen LogP contribution in [0.2, 0.25) is 0 Å². The van der Waals surface area contributed by atoms with Crippen LogP contribution in [-0.2, 0) is 19.9 Å². The first-order valence-electron chi connectivity index (χ1n) is 14.1. The monoisotopic (exact) mass is 552 g/mol. The van der Waals surface area contributed by atoms with E-state index in [2.05, 4.69) is 21.7 Å². The molecule has 5 rings (SSSR count). The summed E-state index contributed by atoms with van der Waals surface area (Å²) >= 11 is 0. The van der Waals surface area contributed by atoms with E-state index in [1.54, 1.807) is 0 Å². The van der Waals surface area contributed by atoms with E-state index in [0.29, 0.717) is 24.4 Å². The Morgan fingerprint density at radius 3 is 2.16 bits per heavy atom. The van der Waals surface area contributed by atoms with Crippen LogP contribution in [-0.4, -0.2) is 114 Å². The van der Waals surface area contributed by atoms with E-state index in [0.717, 1.165) is 97.0 Å². The fourth-order valence-electron chi connectivity index (χ4n) is 7.34. The molecule has 0 spiro atoms. The first-order valence-corrected chi connectivity index (χ1v) is 17.4. The normalized spacial score (nSPS) is 30.8. The second-order valence-corrected chi connectivity index (χ2v) is 15.7. The predicted molar refractivity (Wildman–Crippen MR) is 146 cm³/mol. The lowest BCUT2D eigenvalue weighted by atomic mass is 9.70. The minimum Gasteiger partial charge on any atom is -0.304 e. The molecule has 0 unspecified atom stereocenters. The summed E-state index contributed by atoms with van der Waals surface area (Å²) in [5.74, 6) is 0.757. The lowest BCUT2D eigenvalue weighted by Gasteiger charge is -2.57. The molecule has 0 radical (unpaired) electrons. The Labute approximate surface area is 223 Å². The highest BCUT2D eigenvalue weighted by molar-refractivity contribution is 7.90. The summed E-state index contributed by atoms with van der Waals surface area (Å²) in [7, 11) is -4.92. The van der Waals surface area contributed by atoms with E-state index < -0.39 is 19.9 Å². The summed E-state index contributed by atoms with van der Waals surface area (Å²) in [5.41, 5.74) is 0. The molecule has 4 aliphatic rings. The van der Waals surface area contributed by atoms with Crippen molar-refractivity contribution in [2.45, 2.75) is 66.8 Å². The van der Waals surface area contributed by atoms with Gasteiger partial charge in [0.1, 0.15) is 0 Å². The highest BCUT2D eigenvalue weighted by Crippen LogP contribution is 2.45. The van der Waals surface area contributed by atoms with Crippen molar-refractivity contribution >= 4 is 19.9 Å². The van der Waals surface area contributed by atoms with E-state index in [1.165, 1.54) is 24.3 Å². The minimum absolute atomic E-state index is 0.00854. The van der Waals surface area contributed by atoms with Crippen molar-refractivity contribution in [2.24, 2.45) is 11.8 Å². The van der Waals surface area contributed by atoms with Gasteiger partial charge in [0.05, 0.1) is 9.79 Å². The average Bonchev–Trinajstić information content (AvgIpc) is 2.88. The van der Waals surface area contributed by atoms with Crippen LogP contribution >= 0.6 is 0 Å². The van der Waals surface area contributed by atoms with Crippen LogP contribution in [0.1, 0.15) is 44.9 Å². The maximum Gasteiger partial charge on any atom is 0.243 e. The molecule has 37 heavy (non-hydrogen) atoms. The maximum absolute atomic E-state index is 14.1. The second kappa shape index (κ2) is 11.2. The Morgan fingerprint density at radius 2 is 1.49 bits per heavy atom. The molecule has 0 bridgehead atoms. The van der Waals surface area contributed by atoms with E-state index in [-0.39, 0.29) is 15.8 Å². The number of piperidine rings is 3. The summed E-state index contributed by atoms with van der Waals surface area (Å²) in [5, 5.41) is 0. The van der Waals surface area contributed by atoms with Crippen LogP contribution in [0.25, 0.3) is 0 Å². The molecule has 0 amide bonds. The fraction of sp³-hybridized carbons (Fsp3) is 0.778. The standard InChI is InChI=1S/C27H44N4O4S2/c1-28-17-19-29(20-18-28)14-4-3-9-26-25-8-6-16-30-15-5-7-22(27(25)30)21-31(26)37(34,35)24-12-10-23(11-13-24)36(2,32)33/h10-13,22,25-27H,3-9,14-21H2,1-2H3/t22-,25+,26+,27-/m0/s1. The van der Waals surface area contributed by atoms with Gasteiger partial charge in [0.2, 0.25) is 10.0 Å². The summed E-state index contributed by atoms with van der Waals surface area (Å²) < 4.78 is 53.8. The highest BCUT2D eigenvalue weighted by atomic mass is 32.2. The van der Waals surface area contributed by atoms with Crippen LogP contribution in [0.4, 0.5) is 0 Å². The first kappa shape index (κ1) is 27.5. The molecule has 4 fully saturated rings. The van der Waals surface area contributed by atoms with Gasteiger partial charge >= 0.3 is 0 Å². The van der Waals surface area contributed by atoms with Gasteiger partial charge in [-0.15, -0.1) is 0 Å². The van der Waals surface area contributed by atoms with Gasteiger partial charge in [0, 0.05) is 51.1 Å². The molecule has 4 saturated heterocycles. The van der Waals surface area contributed by atoms with Crippen molar-refractivity contribution in [1.29, 1.82) is 0 Å². The molecule has 10 heteroatoms. The highest BCUT2D eigenvalue weighted by Gasteiger charge is 2.51. The van der Waals surface area contributed by atoms with Crippen molar-refractivity contribution in [1.82, 2.24) is 19.0 Å². The lowest BCUT2D eigenvalue weighted by Crippen LogP contribution is -2.65. The van der Waals surface area contributed by atoms with Gasteiger partial charge in [0.15, 0.2) is 9.84 Å².